The summed E-state index contributed by atoms with van der Waals surface area (Å²) in [5, 5.41) is 8.21. The highest BCUT2D eigenvalue weighted by molar-refractivity contribution is 7.90. The number of carbonyl (C=O) groups is 5. The molecule has 3 rings (SSSR count). The first-order valence-corrected chi connectivity index (χ1v) is 19.0. The summed E-state index contributed by atoms with van der Waals surface area (Å²) in [6.45, 7) is 17.9. The number of Topliss-reactive ketones (excluding diaryl/α,β-unsaturated/α-hetero) is 1. The van der Waals surface area contributed by atoms with E-state index in [1.54, 1.807) is 20.8 Å². The number of nitrogens with zero attached hydrogens (tertiary/aromatic N) is 1. The lowest BCUT2D eigenvalue weighted by Gasteiger charge is -2.42. The molecule has 3 fully saturated rings. The van der Waals surface area contributed by atoms with Crippen LogP contribution < -0.4 is 20.7 Å². The van der Waals surface area contributed by atoms with Gasteiger partial charge < -0.3 is 20.9 Å². The van der Waals surface area contributed by atoms with Gasteiger partial charge >= 0.3 is 0 Å². The van der Waals surface area contributed by atoms with Crippen molar-refractivity contribution in [1.82, 2.24) is 25.6 Å². The average molecular weight is 694 g/mol. The van der Waals surface area contributed by atoms with E-state index in [1.165, 1.54) is 11.0 Å². The van der Waals surface area contributed by atoms with Gasteiger partial charge in [0.2, 0.25) is 33.5 Å². The molecule has 0 aromatic carbocycles. The Bertz CT molecular complexity index is 1340. The van der Waals surface area contributed by atoms with Crippen LogP contribution in [-0.4, -0.2) is 84.7 Å². The Morgan fingerprint density at radius 3 is 2.08 bits per heavy atom. The molecule has 0 aromatic heterocycles. The number of sulfonamides is 1. The summed E-state index contributed by atoms with van der Waals surface area (Å²) in [5.74, 6) is -3.10. The standard InChI is InChI=1S/C35H59N5O7S/c1-10-19-36-30(43)26(41)24(21-23-14-15-23)37-29(42)25-22(2)16-20-40(25)32(45)28(33(3,4)5)38-31(44)27(35(9)17-12-11-13-18-35)39-48(46,47)34(6,7)8/h10,22-25,27-28,39H,1,11-21H2,2-9H3,(H,36,43)(H,37,42)(H,38,44)/t22-,24?,25-,27+,28+/m0/s1. The van der Waals surface area contributed by atoms with Gasteiger partial charge in [-0.2, -0.15) is 0 Å². The molecule has 272 valence electrons. The van der Waals surface area contributed by atoms with Crippen molar-refractivity contribution in [3.05, 3.63) is 12.7 Å². The van der Waals surface area contributed by atoms with E-state index in [0.29, 0.717) is 25.7 Å². The van der Waals surface area contributed by atoms with Crippen LogP contribution in [0.4, 0.5) is 0 Å². The van der Waals surface area contributed by atoms with Gasteiger partial charge in [-0.3, -0.25) is 24.0 Å². The van der Waals surface area contributed by atoms with Gasteiger partial charge in [-0.15, -0.1) is 6.58 Å². The predicted octanol–water partition coefficient (Wildman–Crippen LogP) is 2.97. The SMILES string of the molecule is C=CCNC(=O)C(=O)C(CC1CC1)NC(=O)[C@@H]1[C@@H](C)CCN1C(=O)[C@@H](NC(=O)[C@@H](NS(=O)(=O)C(C)(C)C)C1(C)CCCCC1)C(C)(C)C. The number of hydrogen-bond donors (Lipinski definition) is 4. The van der Waals surface area contributed by atoms with E-state index in [0.717, 1.165) is 32.1 Å². The molecule has 1 aliphatic heterocycles. The van der Waals surface area contributed by atoms with Gasteiger partial charge in [0, 0.05) is 13.1 Å². The quantitative estimate of drug-likeness (QED) is 0.160. The minimum Gasteiger partial charge on any atom is -0.346 e. The van der Waals surface area contributed by atoms with Crippen molar-refractivity contribution < 1.29 is 32.4 Å². The zero-order chi connectivity index (χ0) is 36.2. The number of hydrogen-bond acceptors (Lipinski definition) is 7. The van der Waals surface area contributed by atoms with Gasteiger partial charge in [-0.1, -0.05) is 72.8 Å². The number of nitrogens with one attached hydrogen (secondary N) is 4. The van der Waals surface area contributed by atoms with Gasteiger partial charge in [-0.05, 0) is 69.1 Å². The van der Waals surface area contributed by atoms with Gasteiger partial charge in [0.1, 0.15) is 18.1 Å². The van der Waals surface area contributed by atoms with Crippen LogP contribution in [0.15, 0.2) is 12.7 Å². The maximum atomic E-state index is 14.4. The van der Waals surface area contributed by atoms with E-state index in [9.17, 15) is 32.4 Å². The number of amides is 4. The Morgan fingerprint density at radius 2 is 1.56 bits per heavy atom. The van der Waals surface area contributed by atoms with Crippen molar-refractivity contribution in [3.8, 4) is 0 Å². The Kier molecular flexibility index (Phi) is 12.7. The molecular weight excluding hydrogens is 634 g/mol. The molecule has 2 aliphatic carbocycles. The first kappa shape index (κ1) is 39.6. The molecule has 4 amide bonds. The van der Waals surface area contributed by atoms with Crippen LogP contribution in [0.2, 0.25) is 0 Å². The molecule has 1 saturated heterocycles. The summed E-state index contributed by atoms with van der Waals surface area (Å²) < 4.78 is 28.3. The number of likely N-dealkylation sites (tertiary alicyclic amines) is 1. The molecule has 4 N–H and O–H groups in total. The average Bonchev–Trinajstić information content (AvgIpc) is 3.72. The van der Waals surface area contributed by atoms with E-state index in [1.807, 2.05) is 34.6 Å². The fourth-order valence-electron chi connectivity index (χ4n) is 6.71. The Hall–Kier alpha value is -2.80. The predicted molar refractivity (Wildman–Crippen MR) is 185 cm³/mol. The van der Waals surface area contributed by atoms with Crippen molar-refractivity contribution in [2.75, 3.05) is 13.1 Å². The summed E-state index contributed by atoms with van der Waals surface area (Å²) in [5.41, 5.74) is -1.45. The van der Waals surface area contributed by atoms with Crippen LogP contribution in [0.5, 0.6) is 0 Å². The molecule has 0 aromatic rings. The third-order valence-electron chi connectivity index (χ3n) is 10.2. The van der Waals surface area contributed by atoms with Gasteiger partial charge in [0.15, 0.2) is 0 Å². The highest BCUT2D eigenvalue weighted by Gasteiger charge is 2.49. The van der Waals surface area contributed by atoms with Gasteiger partial charge in [0.05, 0.1) is 10.8 Å². The lowest BCUT2D eigenvalue weighted by molar-refractivity contribution is -0.146. The largest absolute Gasteiger partial charge is 0.346 e. The van der Waals surface area contributed by atoms with E-state index in [2.05, 4.69) is 27.3 Å². The summed E-state index contributed by atoms with van der Waals surface area (Å²) >= 11 is 0. The molecular formula is C35H59N5O7S. The molecule has 1 heterocycles. The Morgan fingerprint density at radius 1 is 0.958 bits per heavy atom. The third kappa shape index (κ3) is 9.67. The summed E-state index contributed by atoms with van der Waals surface area (Å²) in [6.07, 6.45) is 8.20. The molecule has 0 radical (unpaired) electrons. The Balaban J connectivity index is 1.88. The molecule has 0 bridgehead atoms. The van der Waals surface area contributed by atoms with Crippen molar-refractivity contribution >= 4 is 39.4 Å². The first-order chi connectivity index (χ1) is 22.1. The molecule has 5 atom stereocenters. The van der Waals surface area contributed by atoms with E-state index in [4.69, 9.17) is 0 Å². The molecule has 0 spiro atoms. The van der Waals surface area contributed by atoms with Crippen molar-refractivity contribution in [1.29, 1.82) is 0 Å². The summed E-state index contributed by atoms with van der Waals surface area (Å²) in [6, 6.07) is -4.12. The second-order valence-corrected chi connectivity index (χ2v) is 19.0. The number of rotatable bonds is 14. The lowest BCUT2D eigenvalue weighted by Crippen LogP contribution is -2.64. The van der Waals surface area contributed by atoms with Crippen molar-refractivity contribution in [2.24, 2.45) is 22.7 Å². The fourth-order valence-corrected chi connectivity index (χ4v) is 7.77. The van der Waals surface area contributed by atoms with Crippen LogP contribution in [0.3, 0.4) is 0 Å². The summed E-state index contributed by atoms with van der Waals surface area (Å²) in [7, 11) is -3.92. The van der Waals surface area contributed by atoms with Crippen LogP contribution >= 0.6 is 0 Å². The smallest absolute Gasteiger partial charge is 0.289 e. The molecule has 2 saturated carbocycles. The second-order valence-electron chi connectivity index (χ2n) is 16.5. The van der Waals surface area contributed by atoms with Crippen LogP contribution in [0.1, 0.15) is 113 Å². The molecule has 13 heteroatoms. The molecule has 1 unspecified atom stereocenters. The maximum Gasteiger partial charge on any atom is 0.289 e. The third-order valence-corrected chi connectivity index (χ3v) is 12.4. The van der Waals surface area contributed by atoms with Crippen LogP contribution in [0, 0.1) is 22.7 Å². The highest BCUT2D eigenvalue weighted by Crippen LogP contribution is 2.40. The molecule has 48 heavy (non-hydrogen) atoms. The summed E-state index contributed by atoms with van der Waals surface area (Å²) in [4.78, 5) is 69.5. The van der Waals surface area contributed by atoms with Crippen molar-refractivity contribution in [3.63, 3.8) is 0 Å². The maximum absolute atomic E-state index is 14.4. The minimum absolute atomic E-state index is 0.119. The highest BCUT2D eigenvalue weighted by atomic mass is 32.2. The zero-order valence-corrected chi connectivity index (χ0v) is 31.1. The minimum atomic E-state index is -3.92. The number of carbonyl (C=O) groups excluding carboxylic acids is 5. The Labute approximate surface area is 287 Å². The number of ketones is 1. The second kappa shape index (κ2) is 15.4. The molecule has 12 nitrogen and oxygen atoms in total. The van der Waals surface area contributed by atoms with Gasteiger partial charge in [-0.25, -0.2) is 13.1 Å². The monoisotopic (exact) mass is 693 g/mol. The molecule has 3 aliphatic rings. The van der Waals surface area contributed by atoms with Crippen LogP contribution in [-0.2, 0) is 34.0 Å². The lowest BCUT2D eigenvalue weighted by atomic mass is 9.70. The fraction of sp³-hybridized carbons (Fsp3) is 0.800. The normalized spacial score (nSPS) is 23.4. The topological polar surface area (TPSA) is 171 Å². The van der Waals surface area contributed by atoms with E-state index < -0.39 is 79.2 Å². The van der Waals surface area contributed by atoms with Gasteiger partial charge in [0.25, 0.3) is 5.91 Å². The van der Waals surface area contributed by atoms with E-state index in [-0.39, 0.29) is 24.9 Å². The van der Waals surface area contributed by atoms with E-state index >= 15 is 0 Å². The van der Waals surface area contributed by atoms with Crippen LogP contribution in [0.25, 0.3) is 0 Å². The zero-order valence-electron chi connectivity index (χ0n) is 30.2. The first-order valence-electron chi connectivity index (χ1n) is 17.5. The van der Waals surface area contributed by atoms with Crippen molar-refractivity contribution in [2.45, 2.75) is 142 Å².